The van der Waals surface area contributed by atoms with Crippen LogP contribution < -0.4 is 5.90 Å². The number of nitrogens with zero attached hydrogens (tertiary/aromatic N) is 3. The molecule has 0 saturated carbocycles. The largest absolute Gasteiger partial charge is 0.436 e. The van der Waals surface area contributed by atoms with Crippen LogP contribution >= 0.6 is 0 Å². The first kappa shape index (κ1) is 9.62. The maximum atomic E-state index is 10.4. The molecular weight excluding hydrogens is 176 g/mol. The minimum absolute atomic E-state index is 0.266. The molecule has 7 nitrogen and oxygen atoms in total. The summed E-state index contributed by atoms with van der Waals surface area (Å²) in [5.41, 5.74) is 0. The second-order valence-electron chi connectivity index (χ2n) is 2.39. The Hall–Kier alpha value is -1.47. The van der Waals surface area contributed by atoms with Crippen molar-refractivity contribution in [1.29, 1.82) is 0 Å². The zero-order chi connectivity index (χ0) is 9.84. The highest BCUT2D eigenvalue weighted by Crippen LogP contribution is 2.17. The molecule has 0 spiro atoms. The second kappa shape index (κ2) is 3.97. The predicted molar refractivity (Wildman–Crippen MR) is 43.5 cm³/mol. The quantitative estimate of drug-likeness (QED) is 0.548. The molecule has 0 aromatic carbocycles. The van der Waals surface area contributed by atoms with Crippen molar-refractivity contribution >= 4 is 5.95 Å². The number of nitrogens with two attached hydrogens (primary N) is 1. The van der Waals surface area contributed by atoms with Crippen molar-refractivity contribution in [3.05, 3.63) is 22.5 Å². The first-order valence-corrected chi connectivity index (χ1v) is 3.73. The average Bonchev–Trinajstić information content (AvgIpc) is 2.55. The van der Waals surface area contributed by atoms with E-state index < -0.39 is 11.2 Å². The highest BCUT2D eigenvalue weighted by Gasteiger charge is 2.21. The van der Waals surface area contributed by atoms with Gasteiger partial charge in [-0.2, -0.15) is 0 Å². The van der Waals surface area contributed by atoms with E-state index in [0.717, 1.165) is 0 Å². The van der Waals surface area contributed by atoms with Gasteiger partial charge in [0.05, 0.1) is 0 Å². The zero-order valence-electron chi connectivity index (χ0n) is 7.08. The Bertz CT molecular complexity index is 294. The molecular formula is C6H10N4O3. The molecule has 7 heteroatoms. The summed E-state index contributed by atoms with van der Waals surface area (Å²) in [5.74, 6) is 4.71. The van der Waals surface area contributed by atoms with E-state index in [9.17, 15) is 10.1 Å². The summed E-state index contributed by atoms with van der Waals surface area (Å²) in [7, 11) is 0. The van der Waals surface area contributed by atoms with Crippen LogP contribution in [0.5, 0.6) is 0 Å². The molecule has 1 atom stereocenters. The fraction of sp³-hybridized carbons (Fsp3) is 0.500. The SMILES string of the molecule is CCC(ON)n1ccnc1[N+](=O)[O-]. The summed E-state index contributed by atoms with van der Waals surface area (Å²) < 4.78 is 1.28. The lowest BCUT2D eigenvalue weighted by atomic mass is 10.4. The molecule has 2 N–H and O–H groups in total. The lowest BCUT2D eigenvalue weighted by molar-refractivity contribution is -0.398. The van der Waals surface area contributed by atoms with Gasteiger partial charge in [-0.1, -0.05) is 11.9 Å². The van der Waals surface area contributed by atoms with Crippen LogP contribution in [0, 0.1) is 10.1 Å². The molecule has 0 fully saturated rings. The van der Waals surface area contributed by atoms with Crippen molar-refractivity contribution in [2.24, 2.45) is 5.90 Å². The topological polar surface area (TPSA) is 96.2 Å². The van der Waals surface area contributed by atoms with Crippen LogP contribution in [0.15, 0.2) is 12.4 Å². The molecule has 72 valence electrons. The predicted octanol–water partition coefficient (Wildman–Crippen LogP) is 0.590. The third-order valence-corrected chi connectivity index (χ3v) is 1.63. The summed E-state index contributed by atoms with van der Waals surface area (Å²) >= 11 is 0. The van der Waals surface area contributed by atoms with Crippen molar-refractivity contribution in [2.75, 3.05) is 0 Å². The van der Waals surface area contributed by atoms with Gasteiger partial charge in [-0.05, 0) is 4.92 Å². The summed E-state index contributed by atoms with van der Waals surface area (Å²) in [6.07, 6.45) is 2.79. The van der Waals surface area contributed by atoms with E-state index in [2.05, 4.69) is 9.82 Å². The van der Waals surface area contributed by atoms with Crippen molar-refractivity contribution in [2.45, 2.75) is 19.6 Å². The van der Waals surface area contributed by atoms with Gasteiger partial charge in [0, 0.05) is 6.42 Å². The molecule has 1 heterocycles. The molecule has 0 bridgehead atoms. The Labute approximate surface area is 74.2 Å². The smallest absolute Gasteiger partial charge is 0.390 e. The molecule has 0 radical (unpaired) electrons. The van der Waals surface area contributed by atoms with Gasteiger partial charge in [0.2, 0.25) is 6.23 Å². The number of imidazole rings is 1. The van der Waals surface area contributed by atoms with Crippen LogP contribution in [0.25, 0.3) is 0 Å². The van der Waals surface area contributed by atoms with E-state index in [4.69, 9.17) is 5.90 Å². The molecule has 1 rings (SSSR count). The monoisotopic (exact) mass is 186 g/mol. The lowest BCUT2D eigenvalue weighted by Gasteiger charge is -2.10. The second-order valence-corrected chi connectivity index (χ2v) is 2.39. The number of hydrogen-bond donors (Lipinski definition) is 1. The van der Waals surface area contributed by atoms with Gasteiger partial charge in [-0.25, -0.2) is 10.5 Å². The first-order chi connectivity index (χ1) is 6.20. The van der Waals surface area contributed by atoms with Crippen LogP contribution in [-0.4, -0.2) is 14.5 Å². The van der Waals surface area contributed by atoms with Crippen LogP contribution in [0.4, 0.5) is 5.95 Å². The fourth-order valence-corrected chi connectivity index (χ4v) is 1.03. The van der Waals surface area contributed by atoms with E-state index in [-0.39, 0.29) is 5.95 Å². The molecule has 1 unspecified atom stereocenters. The number of hydrogen-bond acceptors (Lipinski definition) is 5. The van der Waals surface area contributed by atoms with Crippen molar-refractivity contribution in [3.8, 4) is 0 Å². The van der Waals surface area contributed by atoms with Gasteiger partial charge in [0.15, 0.2) is 0 Å². The van der Waals surface area contributed by atoms with Crippen LogP contribution in [0.2, 0.25) is 0 Å². The van der Waals surface area contributed by atoms with E-state index >= 15 is 0 Å². The van der Waals surface area contributed by atoms with Crippen molar-refractivity contribution in [3.63, 3.8) is 0 Å². The fourth-order valence-electron chi connectivity index (χ4n) is 1.03. The summed E-state index contributed by atoms with van der Waals surface area (Å²) in [5, 5.41) is 10.4. The van der Waals surface area contributed by atoms with Crippen molar-refractivity contribution in [1.82, 2.24) is 9.55 Å². The van der Waals surface area contributed by atoms with Crippen LogP contribution in [0.3, 0.4) is 0 Å². The van der Waals surface area contributed by atoms with Gasteiger partial charge in [0.1, 0.15) is 12.4 Å². The normalized spacial score (nSPS) is 12.8. The molecule has 1 aromatic rings. The molecule has 0 saturated heterocycles. The lowest BCUT2D eigenvalue weighted by Crippen LogP contribution is -2.16. The zero-order valence-corrected chi connectivity index (χ0v) is 7.08. The highest BCUT2D eigenvalue weighted by atomic mass is 16.6. The molecule has 0 aliphatic heterocycles. The number of aromatic nitrogens is 2. The van der Waals surface area contributed by atoms with Gasteiger partial charge in [-0.15, -0.1) is 0 Å². The van der Waals surface area contributed by atoms with Crippen LogP contribution in [-0.2, 0) is 4.84 Å². The Morgan fingerprint density at radius 2 is 2.62 bits per heavy atom. The van der Waals surface area contributed by atoms with E-state index in [1.54, 1.807) is 6.92 Å². The van der Waals surface area contributed by atoms with Crippen molar-refractivity contribution < 1.29 is 9.76 Å². The molecule has 13 heavy (non-hydrogen) atoms. The summed E-state index contributed by atoms with van der Waals surface area (Å²) in [6, 6.07) is 0. The van der Waals surface area contributed by atoms with Gasteiger partial charge in [-0.3, -0.25) is 4.84 Å². The van der Waals surface area contributed by atoms with Gasteiger partial charge >= 0.3 is 5.95 Å². The average molecular weight is 186 g/mol. The summed E-state index contributed by atoms with van der Waals surface area (Å²) in [4.78, 5) is 18.0. The summed E-state index contributed by atoms with van der Waals surface area (Å²) in [6.45, 7) is 1.81. The number of nitro groups is 1. The van der Waals surface area contributed by atoms with E-state index in [1.807, 2.05) is 0 Å². The Morgan fingerprint density at radius 1 is 1.92 bits per heavy atom. The third-order valence-electron chi connectivity index (χ3n) is 1.63. The van der Waals surface area contributed by atoms with Crippen LogP contribution in [0.1, 0.15) is 19.6 Å². The Kier molecular flexibility index (Phi) is 2.93. The third kappa shape index (κ3) is 1.82. The molecule has 0 aliphatic carbocycles. The molecule has 1 aromatic heterocycles. The minimum Gasteiger partial charge on any atom is -0.390 e. The maximum absolute atomic E-state index is 10.4. The van der Waals surface area contributed by atoms with Gasteiger partial charge in [0.25, 0.3) is 0 Å². The standard InChI is InChI=1S/C6H10N4O3/c1-2-5(13-7)9-4-3-8-6(9)10(11)12/h3-5H,2,7H2,1H3. The van der Waals surface area contributed by atoms with E-state index in [0.29, 0.717) is 6.42 Å². The number of rotatable bonds is 4. The van der Waals surface area contributed by atoms with Gasteiger partial charge < -0.3 is 10.1 Å². The van der Waals surface area contributed by atoms with E-state index in [1.165, 1.54) is 17.0 Å². The first-order valence-electron chi connectivity index (χ1n) is 3.73. The molecule has 0 aliphatic rings. The highest BCUT2D eigenvalue weighted by molar-refractivity contribution is 5.07. The maximum Gasteiger partial charge on any atom is 0.436 e. The minimum atomic E-state index is -0.582. The Morgan fingerprint density at radius 3 is 3.08 bits per heavy atom. The molecule has 0 amide bonds. The Balaban J connectivity index is 2.98.